The highest BCUT2D eigenvalue weighted by Crippen LogP contribution is 2.17. The van der Waals surface area contributed by atoms with E-state index in [1.54, 1.807) is 0 Å². The van der Waals surface area contributed by atoms with Gasteiger partial charge in [-0.05, 0) is 31.8 Å². The van der Waals surface area contributed by atoms with Crippen LogP contribution in [0.25, 0.3) is 0 Å². The second-order valence-electron chi connectivity index (χ2n) is 11.2. The van der Waals surface area contributed by atoms with Crippen LogP contribution in [-0.2, 0) is 14.9 Å². The summed E-state index contributed by atoms with van der Waals surface area (Å²) in [7, 11) is -3.67. The van der Waals surface area contributed by atoms with E-state index in [9.17, 15) is 18.3 Å². The fraction of sp³-hybridized carbons (Fsp3) is 0.967. The second-order valence-corrected chi connectivity index (χ2v) is 12.6. The standard InChI is InChI=1S/C29H59NO2.CH4O3S/c1-5-7-9-11-13-15-16-17-18-20-22-24-26-30(28(27(3)4)29(31)32)25-23-21-19-14-12-10-8-6-2;1-5(2,3)4/h27-28H,5-26H2,1-4H3,(H,31,32);1H3,(H,2,3,4)/t28-;/m0./s1. The Bertz CT molecular complexity index is 587. The molecule has 0 aromatic heterocycles. The lowest BCUT2D eigenvalue weighted by Gasteiger charge is -2.31. The van der Waals surface area contributed by atoms with Crippen LogP contribution in [-0.4, -0.2) is 54.3 Å². The van der Waals surface area contributed by atoms with E-state index in [0.717, 1.165) is 25.9 Å². The third kappa shape index (κ3) is 31.5. The molecule has 37 heavy (non-hydrogen) atoms. The molecule has 0 saturated carbocycles. The van der Waals surface area contributed by atoms with E-state index in [0.29, 0.717) is 6.26 Å². The van der Waals surface area contributed by atoms with Crippen molar-refractivity contribution in [2.45, 2.75) is 162 Å². The van der Waals surface area contributed by atoms with Gasteiger partial charge in [-0.25, -0.2) is 0 Å². The Morgan fingerprint density at radius 3 is 1.08 bits per heavy atom. The van der Waals surface area contributed by atoms with Crippen LogP contribution in [0.2, 0.25) is 0 Å². The van der Waals surface area contributed by atoms with Crippen molar-refractivity contribution < 1.29 is 22.9 Å². The first-order chi connectivity index (χ1) is 17.5. The number of aliphatic carboxylic acids is 1. The maximum atomic E-state index is 11.9. The Morgan fingerprint density at radius 2 is 0.865 bits per heavy atom. The molecule has 2 N–H and O–H groups in total. The van der Waals surface area contributed by atoms with Gasteiger partial charge >= 0.3 is 5.97 Å². The number of rotatable bonds is 25. The Balaban J connectivity index is 0. The Morgan fingerprint density at radius 1 is 0.622 bits per heavy atom. The second kappa shape index (κ2) is 26.9. The molecule has 7 heteroatoms. The first-order valence-corrected chi connectivity index (χ1v) is 17.3. The lowest BCUT2D eigenvalue weighted by Crippen LogP contribution is -2.45. The van der Waals surface area contributed by atoms with Gasteiger partial charge in [0.25, 0.3) is 10.1 Å². The van der Waals surface area contributed by atoms with Crippen molar-refractivity contribution in [1.29, 1.82) is 0 Å². The molecule has 6 nitrogen and oxygen atoms in total. The molecule has 0 spiro atoms. The average molecular weight is 550 g/mol. The molecule has 0 aliphatic carbocycles. The van der Waals surface area contributed by atoms with E-state index in [4.69, 9.17) is 4.55 Å². The number of hydrogen-bond acceptors (Lipinski definition) is 4. The van der Waals surface area contributed by atoms with Crippen LogP contribution >= 0.6 is 0 Å². The highest BCUT2D eigenvalue weighted by Gasteiger charge is 2.27. The van der Waals surface area contributed by atoms with Crippen molar-refractivity contribution >= 4 is 16.1 Å². The summed E-state index contributed by atoms with van der Waals surface area (Å²) in [6.07, 6.45) is 27.3. The van der Waals surface area contributed by atoms with E-state index in [-0.39, 0.29) is 12.0 Å². The van der Waals surface area contributed by atoms with Crippen LogP contribution in [0.5, 0.6) is 0 Å². The lowest BCUT2D eigenvalue weighted by atomic mass is 10.0. The Hall–Kier alpha value is -0.660. The molecule has 0 saturated heterocycles. The molecule has 1 atom stereocenters. The lowest BCUT2D eigenvalue weighted by molar-refractivity contribution is -0.145. The third-order valence-corrected chi connectivity index (χ3v) is 6.88. The molecule has 0 rings (SSSR count). The van der Waals surface area contributed by atoms with Gasteiger partial charge in [0.1, 0.15) is 6.04 Å². The minimum atomic E-state index is -3.67. The predicted molar refractivity (Wildman–Crippen MR) is 159 cm³/mol. The monoisotopic (exact) mass is 549 g/mol. The van der Waals surface area contributed by atoms with Crippen LogP contribution in [0.4, 0.5) is 0 Å². The molecule has 0 amide bonds. The number of carboxylic acids is 1. The van der Waals surface area contributed by atoms with Gasteiger partial charge in [-0.2, -0.15) is 8.42 Å². The number of nitrogens with zero attached hydrogens (tertiary/aromatic N) is 1. The fourth-order valence-electron chi connectivity index (χ4n) is 4.86. The molecule has 0 bridgehead atoms. The molecule has 0 heterocycles. The van der Waals surface area contributed by atoms with Gasteiger partial charge in [-0.3, -0.25) is 14.2 Å². The normalized spacial score (nSPS) is 12.5. The van der Waals surface area contributed by atoms with Crippen LogP contribution in [0.1, 0.15) is 156 Å². The van der Waals surface area contributed by atoms with Crippen molar-refractivity contribution in [3.05, 3.63) is 0 Å². The summed E-state index contributed by atoms with van der Waals surface area (Å²) in [5, 5.41) is 9.79. The molecule has 0 fully saturated rings. The van der Waals surface area contributed by atoms with Crippen molar-refractivity contribution in [1.82, 2.24) is 4.90 Å². The highest BCUT2D eigenvalue weighted by molar-refractivity contribution is 7.85. The maximum Gasteiger partial charge on any atom is 0.321 e. The summed E-state index contributed by atoms with van der Waals surface area (Å²) in [4.78, 5) is 14.2. The van der Waals surface area contributed by atoms with Gasteiger partial charge in [0.2, 0.25) is 0 Å². The summed E-state index contributed by atoms with van der Waals surface area (Å²) in [6, 6.07) is -0.327. The summed E-state index contributed by atoms with van der Waals surface area (Å²) >= 11 is 0. The summed E-state index contributed by atoms with van der Waals surface area (Å²) in [6.45, 7) is 10.5. The summed E-state index contributed by atoms with van der Waals surface area (Å²) in [5.74, 6) is -0.475. The van der Waals surface area contributed by atoms with Crippen molar-refractivity contribution in [2.75, 3.05) is 19.3 Å². The molecule has 0 aromatic carbocycles. The molecule has 224 valence electrons. The van der Waals surface area contributed by atoms with Gasteiger partial charge < -0.3 is 5.11 Å². The molecule has 0 aliphatic rings. The van der Waals surface area contributed by atoms with Gasteiger partial charge in [0, 0.05) is 0 Å². The minimum absolute atomic E-state index is 0.166. The van der Waals surface area contributed by atoms with Crippen molar-refractivity contribution in [2.24, 2.45) is 5.92 Å². The average Bonchev–Trinajstić information content (AvgIpc) is 2.79. The largest absolute Gasteiger partial charge is 0.480 e. The first kappa shape index (κ1) is 38.5. The van der Waals surface area contributed by atoms with Crippen LogP contribution in [0, 0.1) is 5.92 Å². The molecular weight excluding hydrogens is 486 g/mol. The molecular formula is C30H63NO5S. The number of hydrogen-bond donors (Lipinski definition) is 2. The number of carboxylic acid groups (broad SMARTS) is 1. The van der Waals surface area contributed by atoms with Gasteiger partial charge in [0.15, 0.2) is 0 Å². The number of carbonyl (C=O) groups is 1. The van der Waals surface area contributed by atoms with E-state index in [1.165, 1.54) is 116 Å². The van der Waals surface area contributed by atoms with Gasteiger partial charge in [-0.1, -0.05) is 143 Å². The SMILES string of the molecule is CCCCCCCCCCCCCCN(CCCCCCCCCC)[C@H](C(=O)O)C(C)C.CS(=O)(=O)O. The zero-order valence-corrected chi connectivity index (χ0v) is 26.0. The smallest absolute Gasteiger partial charge is 0.321 e. The first-order valence-electron chi connectivity index (χ1n) is 15.4. The third-order valence-electron chi connectivity index (χ3n) is 6.88. The zero-order chi connectivity index (χ0) is 28.4. The molecule has 0 aromatic rings. The minimum Gasteiger partial charge on any atom is -0.480 e. The van der Waals surface area contributed by atoms with Crippen LogP contribution in [0.3, 0.4) is 0 Å². The molecule has 0 aliphatic heterocycles. The van der Waals surface area contributed by atoms with Gasteiger partial charge in [-0.15, -0.1) is 0 Å². The van der Waals surface area contributed by atoms with Crippen LogP contribution < -0.4 is 0 Å². The van der Waals surface area contributed by atoms with E-state index < -0.39 is 16.1 Å². The van der Waals surface area contributed by atoms with Gasteiger partial charge in [0.05, 0.1) is 6.26 Å². The summed E-state index contributed by atoms with van der Waals surface area (Å²) in [5.41, 5.74) is 0. The molecule has 0 unspecified atom stereocenters. The Labute approximate surface area is 231 Å². The van der Waals surface area contributed by atoms with Crippen molar-refractivity contribution in [3.63, 3.8) is 0 Å². The molecule has 0 radical (unpaired) electrons. The van der Waals surface area contributed by atoms with Crippen LogP contribution in [0.15, 0.2) is 0 Å². The highest BCUT2D eigenvalue weighted by atomic mass is 32.2. The van der Waals surface area contributed by atoms with E-state index in [1.807, 2.05) is 0 Å². The van der Waals surface area contributed by atoms with E-state index >= 15 is 0 Å². The van der Waals surface area contributed by atoms with Crippen molar-refractivity contribution in [3.8, 4) is 0 Å². The van der Waals surface area contributed by atoms with E-state index in [2.05, 4.69) is 32.6 Å². The Kier molecular flexibility index (Phi) is 28.0. The zero-order valence-electron chi connectivity index (χ0n) is 25.2. The topological polar surface area (TPSA) is 94.9 Å². The fourth-order valence-corrected chi connectivity index (χ4v) is 4.86. The quantitative estimate of drug-likeness (QED) is 0.0873. The number of unbranched alkanes of at least 4 members (excludes halogenated alkanes) is 18. The summed E-state index contributed by atoms with van der Waals surface area (Å²) < 4.78 is 25.9. The predicted octanol–water partition coefficient (Wildman–Crippen LogP) is 8.74. The maximum absolute atomic E-state index is 11.9.